The van der Waals surface area contributed by atoms with Gasteiger partial charge in [0, 0.05) is 11.6 Å². The number of hydrogen-bond acceptors (Lipinski definition) is 3. The number of aliphatic hydroxyl groups is 1. The van der Waals surface area contributed by atoms with Crippen molar-refractivity contribution in [1.82, 2.24) is 0 Å². The Kier molecular flexibility index (Phi) is 4.77. The summed E-state index contributed by atoms with van der Waals surface area (Å²) in [5.74, 6) is 0.229. The van der Waals surface area contributed by atoms with Crippen LogP contribution in [-0.2, 0) is 0 Å². The summed E-state index contributed by atoms with van der Waals surface area (Å²) in [6.45, 7) is 0. The van der Waals surface area contributed by atoms with Gasteiger partial charge in [-0.3, -0.25) is 0 Å². The van der Waals surface area contributed by atoms with Crippen molar-refractivity contribution in [1.29, 1.82) is 0 Å². The topological polar surface area (TPSA) is 55.5 Å². The van der Waals surface area contributed by atoms with Crippen LogP contribution >= 0.6 is 0 Å². The zero-order valence-corrected chi connectivity index (χ0v) is 11.3. The van der Waals surface area contributed by atoms with E-state index in [4.69, 9.17) is 10.5 Å². The second-order valence-electron chi connectivity index (χ2n) is 5.30. The standard InChI is InChI=1S/C15H22FNO2/c1-19-11-7-8-12(13(16)9-11)14(17)15(18)10-5-3-2-4-6-10/h7-10,14-15,18H,2-6,17H2,1H3/t14-,15+/m0/s1. The number of hydrogen-bond donors (Lipinski definition) is 2. The monoisotopic (exact) mass is 267 g/mol. The van der Waals surface area contributed by atoms with Crippen LogP contribution in [0.3, 0.4) is 0 Å². The Bertz CT molecular complexity index is 419. The first kappa shape index (κ1) is 14.3. The van der Waals surface area contributed by atoms with Crippen molar-refractivity contribution in [3.05, 3.63) is 29.6 Å². The maximum atomic E-state index is 13.9. The van der Waals surface area contributed by atoms with Gasteiger partial charge in [-0.2, -0.15) is 0 Å². The van der Waals surface area contributed by atoms with Crippen molar-refractivity contribution in [3.8, 4) is 5.75 Å². The quantitative estimate of drug-likeness (QED) is 0.882. The number of methoxy groups -OCH3 is 1. The number of rotatable bonds is 4. The molecule has 1 aliphatic carbocycles. The minimum Gasteiger partial charge on any atom is -0.497 e. The smallest absolute Gasteiger partial charge is 0.131 e. The number of nitrogens with two attached hydrogens (primary N) is 1. The summed E-state index contributed by atoms with van der Waals surface area (Å²) in [7, 11) is 1.49. The average Bonchev–Trinajstić information content (AvgIpc) is 2.46. The fourth-order valence-corrected chi connectivity index (χ4v) is 2.86. The van der Waals surface area contributed by atoms with Gasteiger partial charge in [0.1, 0.15) is 11.6 Å². The first-order valence-electron chi connectivity index (χ1n) is 6.90. The molecule has 0 amide bonds. The average molecular weight is 267 g/mol. The van der Waals surface area contributed by atoms with E-state index in [1.165, 1.54) is 19.6 Å². The Labute approximate surface area is 113 Å². The Morgan fingerprint density at radius 1 is 1.32 bits per heavy atom. The highest BCUT2D eigenvalue weighted by Crippen LogP contribution is 2.32. The fourth-order valence-electron chi connectivity index (χ4n) is 2.86. The molecule has 0 spiro atoms. The van der Waals surface area contributed by atoms with Gasteiger partial charge < -0.3 is 15.6 Å². The van der Waals surface area contributed by atoms with Crippen LogP contribution < -0.4 is 10.5 Å². The van der Waals surface area contributed by atoms with Gasteiger partial charge in [0.25, 0.3) is 0 Å². The Morgan fingerprint density at radius 3 is 2.58 bits per heavy atom. The Hall–Kier alpha value is -1.13. The third-order valence-corrected chi connectivity index (χ3v) is 4.07. The van der Waals surface area contributed by atoms with Crippen molar-refractivity contribution in [2.45, 2.75) is 44.2 Å². The van der Waals surface area contributed by atoms with Gasteiger partial charge in [-0.25, -0.2) is 4.39 Å². The predicted octanol–water partition coefficient (Wildman–Crippen LogP) is 2.78. The van der Waals surface area contributed by atoms with E-state index >= 15 is 0 Å². The summed E-state index contributed by atoms with van der Waals surface area (Å²) < 4.78 is 18.9. The minimum absolute atomic E-state index is 0.185. The van der Waals surface area contributed by atoms with Crippen LogP contribution in [0, 0.1) is 11.7 Å². The summed E-state index contributed by atoms with van der Waals surface area (Å²) in [5.41, 5.74) is 6.39. The zero-order valence-electron chi connectivity index (χ0n) is 11.3. The molecule has 2 atom stereocenters. The van der Waals surface area contributed by atoms with E-state index in [9.17, 15) is 9.50 Å². The van der Waals surface area contributed by atoms with Crippen LogP contribution in [0.5, 0.6) is 5.75 Å². The lowest BCUT2D eigenvalue weighted by molar-refractivity contribution is 0.0607. The minimum atomic E-state index is -0.678. The van der Waals surface area contributed by atoms with Gasteiger partial charge in [0.2, 0.25) is 0 Å². The van der Waals surface area contributed by atoms with E-state index in [1.54, 1.807) is 12.1 Å². The van der Waals surface area contributed by atoms with Gasteiger partial charge in [-0.15, -0.1) is 0 Å². The van der Waals surface area contributed by atoms with Crippen LogP contribution in [0.15, 0.2) is 18.2 Å². The molecule has 0 bridgehead atoms. The van der Waals surface area contributed by atoms with Crippen LogP contribution in [0.2, 0.25) is 0 Å². The molecule has 1 saturated carbocycles. The zero-order chi connectivity index (χ0) is 13.8. The molecule has 0 saturated heterocycles. The molecule has 3 nitrogen and oxygen atoms in total. The second-order valence-corrected chi connectivity index (χ2v) is 5.30. The highest BCUT2D eigenvalue weighted by Gasteiger charge is 2.29. The highest BCUT2D eigenvalue weighted by molar-refractivity contribution is 5.31. The van der Waals surface area contributed by atoms with Gasteiger partial charge in [-0.1, -0.05) is 25.3 Å². The van der Waals surface area contributed by atoms with Gasteiger partial charge in [-0.05, 0) is 24.8 Å². The fraction of sp³-hybridized carbons (Fsp3) is 0.600. The molecule has 2 rings (SSSR count). The Morgan fingerprint density at radius 2 is 2.00 bits per heavy atom. The van der Waals surface area contributed by atoms with Crippen molar-refractivity contribution in [3.63, 3.8) is 0 Å². The first-order valence-corrected chi connectivity index (χ1v) is 6.90. The maximum Gasteiger partial charge on any atom is 0.131 e. The molecule has 0 unspecified atom stereocenters. The first-order chi connectivity index (χ1) is 9.13. The summed E-state index contributed by atoms with van der Waals surface area (Å²) >= 11 is 0. The summed E-state index contributed by atoms with van der Waals surface area (Å²) in [4.78, 5) is 0. The van der Waals surface area contributed by atoms with E-state index in [0.29, 0.717) is 11.3 Å². The summed E-state index contributed by atoms with van der Waals surface area (Å²) in [6, 6.07) is 3.91. The summed E-state index contributed by atoms with van der Waals surface area (Å²) in [6.07, 6.45) is 4.75. The van der Waals surface area contributed by atoms with Gasteiger partial charge >= 0.3 is 0 Å². The van der Waals surface area contributed by atoms with Crippen molar-refractivity contribution in [2.24, 2.45) is 11.7 Å². The van der Waals surface area contributed by atoms with Crippen LogP contribution in [0.1, 0.15) is 43.7 Å². The Balaban J connectivity index is 2.11. The SMILES string of the molecule is COc1ccc([C@H](N)[C@H](O)C2CCCCC2)c(F)c1. The number of benzene rings is 1. The molecule has 1 aromatic carbocycles. The summed E-state index contributed by atoms with van der Waals surface area (Å²) in [5, 5.41) is 10.3. The molecule has 106 valence electrons. The van der Waals surface area contributed by atoms with E-state index in [-0.39, 0.29) is 5.92 Å². The molecular formula is C15H22FNO2. The predicted molar refractivity (Wildman–Crippen MR) is 72.5 cm³/mol. The van der Waals surface area contributed by atoms with Crippen molar-refractivity contribution in [2.75, 3.05) is 7.11 Å². The molecule has 19 heavy (non-hydrogen) atoms. The van der Waals surface area contributed by atoms with Crippen LogP contribution in [0.25, 0.3) is 0 Å². The third-order valence-electron chi connectivity index (χ3n) is 4.07. The molecule has 4 heteroatoms. The van der Waals surface area contributed by atoms with E-state index in [2.05, 4.69) is 0 Å². The molecule has 1 aromatic rings. The van der Waals surface area contributed by atoms with Crippen molar-refractivity contribution >= 4 is 0 Å². The highest BCUT2D eigenvalue weighted by atomic mass is 19.1. The molecule has 0 radical (unpaired) electrons. The molecule has 0 heterocycles. The van der Waals surface area contributed by atoms with Crippen LogP contribution in [-0.4, -0.2) is 18.3 Å². The number of aliphatic hydroxyl groups excluding tert-OH is 1. The molecule has 0 aromatic heterocycles. The van der Waals surface area contributed by atoms with Crippen LogP contribution in [0.4, 0.5) is 4.39 Å². The van der Waals surface area contributed by atoms with Gasteiger partial charge in [0.05, 0.1) is 19.3 Å². The van der Waals surface area contributed by atoms with Crippen molar-refractivity contribution < 1.29 is 14.2 Å². The molecular weight excluding hydrogens is 245 g/mol. The maximum absolute atomic E-state index is 13.9. The molecule has 1 aliphatic rings. The van der Waals surface area contributed by atoms with E-state index in [0.717, 1.165) is 25.7 Å². The lowest BCUT2D eigenvalue weighted by atomic mass is 9.81. The molecule has 1 fully saturated rings. The number of ether oxygens (including phenoxy) is 1. The second kappa shape index (κ2) is 6.35. The number of halogens is 1. The largest absolute Gasteiger partial charge is 0.497 e. The normalized spacial score (nSPS) is 20.0. The van der Waals surface area contributed by atoms with E-state index < -0.39 is 18.0 Å². The third kappa shape index (κ3) is 3.25. The van der Waals surface area contributed by atoms with Gasteiger partial charge in [0.15, 0.2) is 0 Å². The molecule has 0 aliphatic heterocycles. The van der Waals surface area contributed by atoms with E-state index in [1.807, 2.05) is 0 Å². The lowest BCUT2D eigenvalue weighted by Crippen LogP contribution is -2.34. The lowest BCUT2D eigenvalue weighted by Gasteiger charge is -2.30. The molecule has 3 N–H and O–H groups in total.